The molecule has 128 valence electrons. The van der Waals surface area contributed by atoms with E-state index in [9.17, 15) is 14.0 Å². The molecule has 0 aliphatic rings. The summed E-state index contributed by atoms with van der Waals surface area (Å²) in [7, 11) is 1.38. The van der Waals surface area contributed by atoms with E-state index in [0.717, 1.165) is 5.69 Å². The Kier molecular flexibility index (Phi) is 4.47. The lowest BCUT2D eigenvalue weighted by Crippen LogP contribution is -2.28. The minimum atomic E-state index is -0.542. The molecule has 1 aromatic carbocycles. The number of aromatic nitrogens is 2. The van der Waals surface area contributed by atoms with Gasteiger partial charge in [-0.25, -0.2) is 9.37 Å². The number of aryl methyl sites for hydroxylation is 1. The monoisotopic (exact) mass is 341 g/mol. The molecule has 0 saturated carbocycles. The highest BCUT2D eigenvalue weighted by Crippen LogP contribution is 2.17. The Bertz CT molecular complexity index is 1010. The number of nitrogens with one attached hydrogen (secondary N) is 2. The van der Waals surface area contributed by atoms with E-state index in [4.69, 9.17) is 4.74 Å². The third kappa shape index (κ3) is 3.35. The van der Waals surface area contributed by atoms with Gasteiger partial charge in [0.15, 0.2) is 11.6 Å². The Morgan fingerprint density at radius 2 is 2.12 bits per heavy atom. The number of hydrogen-bond acceptors (Lipinski definition) is 4. The molecule has 3 rings (SSSR count). The fraction of sp³-hybridized carbons (Fsp3) is 0.167. The minimum Gasteiger partial charge on any atom is -0.494 e. The zero-order valence-electron chi connectivity index (χ0n) is 13.7. The molecule has 0 unspecified atom stereocenters. The predicted octanol–water partition coefficient (Wildman–Crippen LogP) is 2.31. The molecule has 3 aromatic rings. The molecule has 0 radical (unpaired) electrons. The van der Waals surface area contributed by atoms with Gasteiger partial charge >= 0.3 is 0 Å². The summed E-state index contributed by atoms with van der Waals surface area (Å²) in [5.41, 5.74) is 1.33. The lowest BCUT2D eigenvalue weighted by Gasteiger charge is -2.08. The molecule has 0 saturated heterocycles. The molecule has 0 spiro atoms. The highest BCUT2D eigenvalue weighted by molar-refractivity contribution is 5.96. The van der Waals surface area contributed by atoms with Crippen molar-refractivity contribution < 1.29 is 13.9 Å². The molecule has 7 heteroatoms. The van der Waals surface area contributed by atoms with Crippen molar-refractivity contribution in [2.24, 2.45) is 0 Å². The van der Waals surface area contributed by atoms with Gasteiger partial charge < -0.3 is 15.0 Å². The fourth-order valence-electron chi connectivity index (χ4n) is 2.47. The number of ether oxygens (including phenoxy) is 1. The predicted molar refractivity (Wildman–Crippen MR) is 91.2 cm³/mol. The number of carbonyl (C=O) groups excluding carboxylic acids is 1. The van der Waals surface area contributed by atoms with Crippen LogP contribution in [0.15, 0.2) is 41.3 Å². The largest absolute Gasteiger partial charge is 0.494 e. The summed E-state index contributed by atoms with van der Waals surface area (Å²) in [6, 6.07) is 7.73. The molecule has 0 bridgehead atoms. The normalized spacial score (nSPS) is 10.7. The van der Waals surface area contributed by atoms with E-state index >= 15 is 0 Å². The third-order valence-corrected chi connectivity index (χ3v) is 3.79. The third-order valence-electron chi connectivity index (χ3n) is 3.79. The van der Waals surface area contributed by atoms with Crippen LogP contribution < -0.4 is 15.5 Å². The minimum absolute atomic E-state index is 0.0212. The van der Waals surface area contributed by atoms with Crippen molar-refractivity contribution in [2.75, 3.05) is 7.11 Å². The van der Waals surface area contributed by atoms with E-state index in [-0.39, 0.29) is 17.9 Å². The number of benzene rings is 1. The fourth-order valence-corrected chi connectivity index (χ4v) is 2.47. The van der Waals surface area contributed by atoms with Crippen LogP contribution in [0, 0.1) is 12.7 Å². The zero-order chi connectivity index (χ0) is 18.0. The average Bonchev–Trinajstić information content (AvgIpc) is 2.60. The number of amides is 1. The molecule has 0 fully saturated rings. The molecular weight excluding hydrogens is 325 g/mol. The maximum absolute atomic E-state index is 13.7. The van der Waals surface area contributed by atoms with E-state index in [1.807, 2.05) is 6.92 Å². The van der Waals surface area contributed by atoms with E-state index in [0.29, 0.717) is 16.6 Å². The van der Waals surface area contributed by atoms with Crippen LogP contribution in [0.3, 0.4) is 0 Å². The van der Waals surface area contributed by atoms with E-state index < -0.39 is 17.2 Å². The van der Waals surface area contributed by atoms with Crippen molar-refractivity contribution in [2.45, 2.75) is 13.5 Å². The van der Waals surface area contributed by atoms with E-state index in [1.165, 1.54) is 25.4 Å². The van der Waals surface area contributed by atoms with Gasteiger partial charge in [0, 0.05) is 18.4 Å². The average molecular weight is 341 g/mol. The first-order chi connectivity index (χ1) is 12.0. The van der Waals surface area contributed by atoms with Gasteiger partial charge in [0.1, 0.15) is 11.2 Å². The molecule has 2 N–H and O–H groups in total. The van der Waals surface area contributed by atoms with E-state index in [1.54, 1.807) is 18.2 Å². The summed E-state index contributed by atoms with van der Waals surface area (Å²) >= 11 is 0. The SMILES string of the molecule is COc1ccc(CNC(=O)c2c[nH]c3nc(C)ccc3c2=O)cc1F. The van der Waals surface area contributed by atoms with Gasteiger partial charge in [0.2, 0.25) is 5.43 Å². The number of aromatic amines is 1. The Labute approximate surface area is 142 Å². The summed E-state index contributed by atoms with van der Waals surface area (Å²) in [6.45, 7) is 1.90. The second kappa shape index (κ2) is 6.72. The standard InChI is InChI=1S/C18H16FN3O3/c1-10-3-5-12-16(23)13(9-20-17(12)22-10)18(24)21-8-11-4-6-15(25-2)14(19)7-11/h3-7,9H,8H2,1-2H3,(H,21,24)(H,20,22,23). The Balaban J connectivity index is 1.81. The maximum Gasteiger partial charge on any atom is 0.257 e. The summed E-state index contributed by atoms with van der Waals surface area (Å²) in [5, 5.41) is 2.95. The second-order valence-corrected chi connectivity index (χ2v) is 5.53. The van der Waals surface area contributed by atoms with Crippen molar-refractivity contribution in [1.82, 2.24) is 15.3 Å². The van der Waals surface area contributed by atoms with Gasteiger partial charge in [0.05, 0.1) is 12.5 Å². The number of fused-ring (bicyclic) bond motifs is 1. The molecule has 1 amide bonds. The lowest BCUT2D eigenvalue weighted by molar-refractivity contribution is 0.0949. The van der Waals surface area contributed by atoms with Gasteiger partial charge in [0.25, 0.3) is 5.91 Å². The molecule has 0 aliphatic carbocycles. The van der Waals surface area contributed by atoms with Crippen molar-refractivity contribution in [3.63, 3.8) is 0 Å². The van der Waals surface area contributed by atoms with Crippen molar-refractivity contribution in [3.8, 4) is 5.75 Å². The topological polar surface area (TPSA) is 84.1 Å². The smallest absolute Gasteiger partial charge is 0.257 e. The number of pyridine rings is 2. The number of nitrogens with zero attached hydrogens (tertiary/aromatic N) is 1. The van der Waals surface area contributed by atoms with Crippen molar-refractivity contribution in [1.29, 1.82) is 0 Å². The van der Waals surface area contributed by atoms with Crippen LogP contribution in [-0.4, -0.2) is 23.0 Å². The molecule has 2 heterocycles. The maximum atomic E-state index is 13.7. The van der Waals surface area contributed by atoms with Crippen LogP contribution in [0.5, 0.6) is 5.75 Å². The number of H-pyrrole nitrogens is 1. The highest BCUT2D eigenvalue weighted by atomic mass is 19.1. The highest BCUT2D eigenvalue weighted by Gasteiger charge is 2.14. The number of halogens is 1. The molecule has 0 aliphatic heterocycles. The van der Waals surface area contributed by atoms with Crippen LogP contribution in [0.4, 0.5) is 4.39 Å². The van der Waals surface area contributed by atoms with Crippen LogP contribution in [0.1, 0.15) is 21.6 Å². The molecule has 6 nitrogen and oxygen atoms in total. The molecule has 25 heavy (non-hydrogen) atoms. The van der Waals surface area contributed by atoms with Crippen LogP contribution in [0.2, 0.25) is 0 Å². The van der Waals surface area contributed by atoms with Gasteiger partial charge in [-0.1, -0.05) is 6.07 Å². The number of carbonyl (C=O) groups is 1. The van der Waals surface area contributed by atoms with Crippen LogP contribution >= 0.6 is 0 Å². The number of hydrogen-bond donors (Lipinski definition) is 2. The summed E-state index contributed by atoms with van der Waals surface area (Å²) < 4.78 is 18.5. The van der Waals surface area contributed by atoms with Crippen molar-refractivity contribution in [3.05, 3.63) is 69.4 Å². The van der Waals surface area contributed by atoms with Gasteiger partial charge in [-0.2, -0.15) is 0 Å². The van der Waals surface area contributed by atoms with Crippen LogP contribution in [0.25, 0.3) is 11.0 Å². The number of rotatable bonds is 4. The van der Waals surface area contributed by atoms with E-state index in [2.05, 4.69) is 15.3 Å². The quantitative estimate of drug-likeness (QED) is 0.763. The second-order valence-electron chi connectivity index (χ2n) is 5.53. The lowest BCUT2D eigenvalue weighted by atomic mass is 10.1. The Morgan fingerprint density at radius 1 is 1.32 bits per heavy atom. The van der Waals surface area contributed by atoms with Crippen LogP contribution in [-0.2, 0) is 6.54 Å². The Morgan fingerprint density at radius 3 is 2.84 bits per heavy atom. The summed E-state index contributed by atoms with van der Waals surface area (Å²) in [4.78, 5) is 31.8. The summed E-state index contributed by atoms with van der Waals surface area (Å²) in [5.74, 6) is -0.928. The molecule has 2 aromatic heterocycles. The first-order valence-electron chi connectivity index (χ1n) is 7.59. The molecule has 0 atom stereocenters. The number of methoxy groups -OCH3 is 1. The van der Waals surface area contributed by atoms with Gasteiger partial charge in [-0.3, -0.25) is 9.59 Å². The Hall–Kier alpha value is -3.22. The summed E-state index contributed by atoms with van der Waals surface area (Å²) in [6.07, 6.45) is 1.33. The first kappa shape index (κ1) is 16.6. The van der Waals surface area contributed by atoms with Gasteiger partial charge in [-0.05, 0) is 36.8 Å². The first-order valence-corrected chi connectivity index (χ1v) is 7.59. The van der Waals surface area contributed by atoms with Gasteiger partial charge in [-0.15, -0.1) is 0 Å². The molecular formula is C18H16FN3O3. The van der Waals surface area contributed by atoms with Crippen molar-refractivity contribution >= 4 is 16.9 Å². The zero-order valence-corrected chi connectivity index (χ0v) is 13.7.